The summed E-state index contributed by atoms with van der Waals surface area (Å²) in [7, 11) is 1.67. The summed E-state index contributed by atoms with van der Waals surface area (Å²) in [5, 5.41) is 11.0. The van der Waals surface area contributed by atoms with Crippen LogP contribution in [-0.2, 0) is 4.79 Å². The van der Waals surface area contributed by atoms with Crippen LogP contribution < -0.4 is 9.47 Å². The molecule has 0 aliphatic heterocycles. The first kappa shape index (κ1) is 21.9. The summed E-state index contributed by atoms with van der Waals surface area (Å²) in [4.78, 5) is 24.6. The van der Waals surface area contributed by atoms with E-state index in [-0.39, 0.29) is 17.6 Å². The number of ether oxygens (including phenoxy) is 2. The van der Waals surface area contributed by atoms with Crippen LogP contribution in [0.3, 0.4) is 0 Å². The Morgan fingerprint density at radius 2 is 1.83 bits per heavy atom. The van der Waals surface area contributed by atoms with Crippen LogP contribution in [0.15, 0.2) is 48.5 Å². The van der Waals surface area contributed by atoms with Gasteiger partial charge in [-0.1, -0.05) is 18.2 Å². The first-order chi connectivity index (χ1) is 13.9. The van der Waals surface area contributed by atoms with Crippen molar-refractivity contribution in [3.8, 4) is 11.5 Å². The van der Waals surface area contributed by atoms with E-state index in [2.05, 4.69) is 0 Å². The molecule has 0 saturated carbocycles. The lowest BCUT2D eigenvalue weighted by molar-refractivity contribution is -0.384. The maximum atomic E-state index is 12.6. The zero-order valence-corrected chi connectivity index (χ0v) is 17.1. The molecule has 0 fully saturated rings. The fourth-order valence-electron chi connectivity index (χ4n) is 2.77. The zero-order chi connectivity index (χ0) is 21.4. The number of likely N-dealkylation sites (N-methyl/N-ethyl adjacent to an activating group) is 1. The monoisotopic (exact) mass is 398 g/mol. The lowest BCUT2D eigenvalue weighted by Crippen LogP contribution is -2.28. The average Bonchev–Trinajstić information content (AvgIpc) is 2.72. The van der Waals surface area contributed by atoms with Gasteiger partial charge < -0.3 is 14.4 Å². The zero-order valence-electron chi connectivity index (χ0n) is 17.1. The number of nitrogens with zero attached hydrogens (tertiary/aromatic N) is 2. The summed E-state index contributed by atoms with van der Waals surface area (Å²) in [6, 6.07) is 11.5. The van der Waals surface area contributed by atoms with Crippen LogP contribution in [0.25, 0.3) is 6.08 Å². The van der Waals surface area contributed by atoms with Gasteiger partial charge in [-0.25, -0.2) is 0 Å². The average molecular weight is 398 g/mol. The molecule has 7 heteroatoms. The third kappa shape index (κ3) is 5.81. The molecule has 0 unspecified atom stereocenters. The van der Waals surface area contributed by atoms with E-state index in [1.807, 2.05) is 39.0 Å². The lowest BCUT2D eigenvalue weighted by Gasteiger charge is -2.24. The van der Waals surface area contributed by atoms with Gasteiger partial charge in [-0.05, 0) is 50.1 Å². The van der Waals surface area contributed by atoms with Gasteiger partial charge in [0.05, 0.1) is 24.2 Å². The quantitative estimate of drug-likeness (QED) is 0.350. The molecule has 0 spiro atoms. The predicted molar refractivity (Wildman–Crippen MR) is 112 cm³/mol. The molecule has 0 aromatic heterocycles. The number of amides is 1. The molecule has 2 aromatic rings. The van der Waals surface area contributed by atoms with Crippen molar-refractivity contribution in [3.05, 3.63) is 69.8 Å². The number of nitro groups is 1. The Morgan fingerprint density at radius 1 is 1.14 bits per heavy atom. The largest absolute Gasteiger partial charge is 0.490 e. The number of non-ortho nitro benzene ring substituents is 1. The van der Waals surface area contributed by atoms with Crippen molar-refractivity contribution in [2.75, 3.05) is 20.3 Å². The van der Waals surface area contributed by atoms with E-state index >= 15 is 0 Å². The van der Waals surface area contributed by atoms with E-state index in [0.717, 1.165) is 5.56 Å². The van der Waals surface area contributed by atoms with E-state index in [1.54, 1.807) is 25.3 Å². The highest BCUT2D eigenvalue weighted by Crippen LogP contribution is 2.29. The van der Waals surface area contributed by atoms with Crippen molar-refractivity contribution in [2.45, 2.75) is 26.8 Å². The maximum Gasteiger partial charge on any atom is 0.269 e. The second-order valence-corrected chi connectivity index (χ2v) is 6.38. The molecule has 0 radical (unpaired) electrons. The second-order valence-electron chi connectivity index (χ2n) is 6.38. The van der Waals surface area contributed by atoms with Gasteiger partial charge in [-0.3, -0.25) is 14.9 Å². The number of carbonyl (C=O) groups excluding carboxylic acids is 1. The number of hydrogen-bond donors (Lipinski definition) is 0. The Kier molecular flexibility index (Phi) is 7.77. The van der Waals surface area contributed by atoms with E-state index in [1.165, 1.54) is 23.1 Å². The summed E-state index contributed by atoms with van der Waals surface area (Å²) in [6.45, 7) is 6.67. The van der Waals surface area contributed by atoms with Gasteiger partial charge in [0.25, 0.3) is 5.69 Å². The minimum absolute atomic E-state index is 0.00332. The lowest BCUT2D eigenvalue weighted by atomic mass is 10.1. The summed E-state index contributed by atoms with van der Waals surface area (Å²) in [5.41, 5.74) is 1.51. The van der Waals surface area contributed by atoms with Crippen molar-refractivity contribution in [1.82, 2.24) is 4.90 Å². The van der Waals surface area contributed by atoms with Crippen LogP contribution in [0.5, 0.6) is 11.5 Å². The number of nitro benzene ring substituents is 1. The highest BCUT2D eigenvalue weighted by molar-refractivity contribution is 5.92. The Balaban J connectivity index is 2.14. The van der Waals surface area contributed by atoms with Crippen LogP contribution in [0.2, 0.25) is 0 Å². The summed E-state index contributed by atoms with van der Waals surface area (Å²) >= 11 is 0. The maximum absolute atomic E-state index is 12.6. The molecule has 7 nitrogen and oxygen atoms in total. The van der Waals surface area contributed by atoms with E-state index in [9.17, 15) is 14.9 Å². The van der Waals surface area contributed by atoms with Crippen molar-refractivity contribution >= 4 is 17.7 Å². The minimum atomic E-state index is -0.445. The molecule has 154 valence electrons. The molecule has 0 aliphatic carbocycles. The van der Waals surface area contributed by atoms with Crippen molar-refractivity contribution in [3.63, 3.8) is 0 Å². The molecule has 0 N–H and O–H groups in total. The van der Waals surface area contributed by atoms with Crippen molar-refractivity contribution in [2.24, 2.45) is 0 Å². The first-order valence-corrected chi connectivity index (χ1v) is 9.46. The third-order valence-electron chi connectivity index (χ3n) is 4.48. The highest BCUT2D eigenvalue weighted by Gasteiger charge is 2.17. The molecule has 0 bridgehead atoms. The number of rotatable bonds is 9. The Labute approximate surface area is 170 Å². The molecular formula is C22H26N2O5. The third-order valence-corrected chi connectivity index (χ3v) is 4.48. The van der Waals surface area contributed by atoms with Gasteiger partial charge in [0.15, 0.2) is 11.5 Å². The van der Waals surface area contributed by atoms with Gasteiger partial charge in [-0.15, -0.1) is 0 Å². The fourth-order valence-corrected chi connectivity index (χ4v) is 2.77. The summed E-state index contributed by atoms with van der Waals surface area (Å²) in [5.74, 6) is 1.08. The molecular weight excluding hydrogens is 372 g/mol. The molecule has 0 saturated heterocycles. The van der Waals surface area contributed by atoms with E-state index in [4.69, 9.17) is 9.47 Å². The number of carbonyl (C=O) groups is 1. The smallest absolute Gasteiger partial charge is 0.269 e. The number of hydrogen-bond acceptors (Lipinski definition) is 5. The predicted octanol–water partition coefficient (Wildman–Crippen LogP) is 4.63. The molecule has 0 heterocycles. The normalized spacial score (nSPS) is 11.9. The van der Waals surface area contributed by atoms with Crippen LogP contribution in [0.4, 0.5) is 5.69 Å². The van der Waals surface area contributed by atoms with Crippen LogP contribution in [0, 0.1) is 10.1 Å². The Morgan fingerprint density at radius 3 is 2.48 bits per heavy atom. The summed E-state index contributed by atoms with van der Waals surface area (Å²) in [6.07, 6.45) is 3.18. The second kappa shape index (κ2) is 10.3. The van der Waals surface area contributed by atoms with E-state index in [0.29, 0.717) is 30.3 Å². The van der Waals surface area contributed by atoms with Crippen LogP contribution in [0.1, 0.15) is 37.9 Å². The van der Waals surface area contributed by atoms with Gasteiger partial charge in [0, 0.05) is 25.3 Å². The first-order valence-electron chi connectivity index (χ1n) is 9.46. The minimum Gasteiger partial charge on any atom is -0.490 e. The molecule has 1 amide bonds. The number of benzene rings is 2. The SMILES string of the molecule is CCOc1ccc(/C=C/C(=O)N(C)[C@H](C)c2cccc([N+](=O)[O-])c2)cc1OCC. The van der Waals surface area contributed by atoms with Crippen molar-refractivity contribution < 1.29 is 19.2 Å². The van der Waals surface area contributed by atoms with Gasteiger partial charge in [0.1, 0.15) is 0 Å². The molecule has 1 atom stereocenters. The fraction of sp³-hybridized carbons (Fsp3) is 0.318. The van der Waals surface area contributed by atoms with Crippen LogP contribution >= 0.6 is 0 Å². The topological polar surface area (TPSA) is 81.9 Å². The Bertz CT molecular complexity index is 895. The molecule has 2 rings (SSSR count). The van der Waals surface area contributed by atoms with Gasteiger partial charge in [0.2, 0.25) is 5.91 Å². The summed E-state index contributed by atoms with van der Waals surface area (Å²) < 4.78 is 11.1. The molecule has 2 aromatic carbocycles. The van der Waals surface area contributed by atoms with Crippen LogP contribution in [-0.4, -0.2) is 36.0 Å². The van der Waals surface area contributed by atoms with E-state index < -0.39 is 4.92 Å². The molecule has 29 heavy (non-hydrogen) atoms. The van der Waals surface area contributed by atoms with Gasteiger partial charge in [-0.2, -0.15) is 0 Å². The van der Waals surface area contributed by atoms with Crippen molar-refractivity contribution in [1.29, 1.82) is 0 Å². The standard InChI is InChI=1S/C22H26N2O5/c1-5-28-20-12-10-17(14-21(20)29-6-2)11-13-22(25)23(4)16(3)18-8-7-9-19(15-18)24(26)27/h7-16H,5-6H2,1-4H3/b13-11+/t16-/m1/s1. The molecule has 0 aliphatic rings. The van der Waals surface area contributed by atoms with Gasteiger partial charge >= 0.3 is 0 Å². The Hall–Kier alpha value is -3.35. The highest BCUT2D eigenvalue weighted by atomic mass is 16.6.